The van der Waals surface area contributed by atoms with Gasteiger partial charge in [0.1, 0.15) is 5.75 Å². The van der Waals surface area contributed by atoms with Gasteiger partial charge in [0.25, 0.3) is 0 Å². The number of hydrogen-bond acceptors (Lipinski definition) is 3. The second kappa shape index (κ2) is 4.85. The van der Waals surface area contributed by atoms with Crippen LogP contribution in [0.1, 0.15) is 12.0 Å². The average molecular weight is 271 g/mol. The quantitative estimate of drug-likeness (QED) is 0.616. The molecule has 1 heterocycles. The van der Waals surface area contributed by atoms with E-state index in [0.717, 1.165) is 34.2 Å². The van der Waals surface area contributed by atoms with Gasteiger partial charge in [0.15, 0.2) is 5.11 Å². The molecule has 1 aliphatic rings. The summed E-state index contributed by atoms with van der Waals surface area (Å²) in [6.45, 7) is 0.614. The average Bonchev–Trinajstić information content (AvgIpc) is 2.44. The molecule has 96 valence electrons. The molecule has 0 atom stereocenters. The number of benzene rings is 2. The van der Waals surface area contributed by atoms with Gasteiger partial charge in [0.2, 0.25) is 0 Å². The molecular weight excluding hydrogens is 258 g/mol. The minimum Gasteiger partial charge on any atom is -0.492 e. The highest BCUT2D eigenvalue weighted by Crippen LogP contribution is 2.32. The van der Waals surface area contributed by atoms with Crippen molar-refractivity contribution in [1.82, 2.24) is 5.43 Å². The van der Waals surface area contributed by atoms with Crippen molar-refractivity contribution in [3.8, 4) is 5.75 Å². The number of nitrogens with zero attached hydrogens (tertiary/aromatic N) is 1. The normalized spacial score (nSPS) is 15.9. The van der Waals surface area contributed by atoms with Crippen molar-refractivity contribution in [3.05, 3.63) is 42.0 Å². The number of ether oxygens (including phenoxy) is 1. The Balaban J connectivity index is 2.18. The molecule has 0 amide bonds. The predicted molar refractivity (Wildman–Crippen MR) is 80.5 cm³/mol. The van der Waals surface area contributed by atoms with Crippen LogP contribution in [0.15, 0.2) is 41.5 Å². The molecule has 1 aliphatic heterocycles. The summed E-state index contributed by atoms with van der Waals surface area (Å²) < 4.78 is 5.70. The molecule has 2 aromatic rings. The van der Waals surface area contributed by atoms with Gasteiger partial charge in [0, 0.05) is 12.0 Å². The van der Waals surface area contributed by atoms with Gasteiger partial charge in [0.05, 0.1) is 12.3 Å². The van der Waals surface area contributed by atoms with Crippen molar-refractivity contribution in [2.75, 3.05) is 6.61 Å². The van der Waals surface area contributed by atoms with Gasteiger partial charge in [-0.25, -0.2) is 0 Å². The van der Waals surface area contributed by atoms with Gasteiger partial charge in [-0.15, -0.1) is 0 Å². The van der Waals surface area contributed by atoms with E-state index in [0.29, 0.717) is 6.61 Å². The maximum atomic E-state index is 5.70. The highest BCUT2D eigenvalue weighted by Gasteiger charge is 2.19. The van der Waals surface area contributed by atoms with E-state index in [-0.39, 0.29) is 5.11 Å². The van der Waals surface area contributed by atoms with Gasteiger partial charge in [-0.3, -0.25) is 5.43 Å². The molecular formula is C14H13N3OS. The van der Waals surface area contributed by atoms with Crippen molar-refractivity contribution in [3.63, 3.8) is 0 Å². The second-order valence-corrected chi connectivity index (χ2v) is 4.73. The monoisotopic (exact) mass is 271 g/mol. The fourth-order valence-corrected chi connectivity index (χ4v) is 2.33. The molecule has 3 N–H and O–H groups in total. The number of nitrogens with two attached hydrogens (primary N) is 1. The summed E-state index contributed by atoms with van der Waals surface area (Å²) in [5, 5.41) is 6.75. The van der Waals surface area contributed by atoms with Crippen LogP contribution in [-0.4, -0.2) is 17.4 Å². The van der Waals surface area contributed by atoms with Crippen molar-refractivity contribution in [2.24, 2.45) is 10.8 Å². The molecule has 4 nitrogen and oxygen atoms in total. The summed E-state index contributed by atoms with van der Waals surface area (Å²) in [4.78, 5) is 0. The zero-order valence-corrected chi connectivity index (χ0v) is 11.0. The number of hydrazone groups is 1. The third-order valence-electron chi connectivity index (χ3n) is 3.08. The Kier molecular flexibility index (Phi) is 3.05. The lowest BCUT2D eigenvalue weighted by atomic mass is 9.97. The lowest BCUT2D eigenvalue weighted by Crippen LogP contribution is -2.27. The molecule has 0 unspecified atom stereocenters. The second-order valence-electron chi connectivity index (χ2n) is 4.29. The molecule has 0 saturated heterocycles. The van der Waals surface area contributed by atoms with E-state index in [2.05, 4.69) is 28.7 Å². The first-order chi connectivity index (χ1) is 9.25. The summed E-state index contributed by atoms with van der Waals surface area (Å²) in [5.41, 5.74) is 10.0. The zero-order chi connectivity index (χ0) is 13.2. The summed E-state index contributed by atoms with van der Waals surface area (Å²) >= 11 is 4.79. The first-order valence-corrected chi connectivity index (χ1v) is 6.43. The van der Waals surface area contributed by atoms with E-state index in [1.165, 1.54) is 0 Å². The number of rotatable bonds is 1. The van der Waals surface area contributed by atoms with Crippen LogP contribution in [0.5, 0.6) is 5.75 Å². The zero-order valence-electron chi connectivity index (χ0n) is 10.2. The van der Waals surface area contributed by atoms with Gasteiger partial charge in [-0.2, -0.15) is 5.10 Å². The highest BCUT2D eigenvalue weighted by atomic mass is 32.1. The fourth-order valence-electron chi connectivity index (χ4n) is 2.29. The molecule has 0 aliphatic carbocycles. The summed E-state index contributed by atoms with van der Waals surface area (Å²) in [6, 6.07) is 12.2. The van der Waals surface area contributed by atoms with Crippen molar-refractivity contribution >= 4 is 33.8 Å². The van der Waals surface area contributed by atoms with E-state index in [4.69, 9.17) is 22.7 Å². The largest absolute Gasteiger partial charge is 0.492 e. The van der Waals surface area contributed by atoms with Crippen molar-refractivity contribution in [1.29, 1.82) is 0 Å². The number of hydrogen-bond donors (Lipinski definition) is 2. The molecule has 5 heteroatoms. The van der Waals surface area contributed by atoms with Crippen LogP contribution in [0.25, 0.3) is 10.8 Å². The van der Waals surface area contributed by atoms with E-state index >= 15 is 0 Å². The third kappa shape index (κ3) is 2.24. The molecule has 0 aromatic heterocycles. The van der Waals surface area contributed by atoms with Crippen LogP contribution in [0.3, 0.4) is 0 Å². The van der Waals surface area contributed by atoms with Crippen LogP contribution in [-0.2, 0) is 0 Å². The summed E-state index contributed by atoms with van der Waals surface area (Å²) in [5.74, 6) is 0.855. The smallest absolute Gasteiger partial charge is 0.184 e. The highest BCUT2D eigenvalue weighted by molar-refractivity contribution is 7.80. The van der Waals surface area contributed by atoms with Crippen LogP contribution >= 0.6 is 12.2 Å². The van der Waals surface area contributed by atoms with Gasteiger partial charge in [-0.1, -0.05) is 30.3 Å². The molecule has 0 bridgehead atoms. The fraction of sp³-hybridized carbons (Fsp3) is 0.143. The maximum absolute atomic E-state index is 5.70. The number of thiocarbonyl (C=S) groups is 1. The standard InChI is InChI=1S/C14H13N3OS/c15-14(19)17-16-11-7-8-18-12-6-5-9-3-1-2-4-10(9)13(11)12/h1-6H,7-8H2,(H3,15,17,19)/b16-11+. The van der Waals surface area contributed by atoms with Crippen LogP contribution < -0.4 is 15.9 Å². The summed E-state index contributed by atoms with van der Waals surface area (Å²) in [7, 11) is 0. The SMILES string of the molecule is NC(=S)N/N=C1\CCOc2ccc3ccccc3c21. The Labute approximate surface area is 116 Å². The van der Waals surface area contributed by atoms with Gasteiger partial charge >= 0.3 is 0 Å². The minimum atomic E-state index is 0.167. The first kappa shape index (κ1) is 11.9. The molecule has 0 radical (unpaired) electrons. The number of nitrogens with one attached hydrogen (secondary N) is 1. The lowest BCUT2D eigenvalue weighted by Gasteiger charge is -2.20. The van der Waals surface area contributed by atoms with E-state index < -0.39 is 0 Å². The Hall–Kier alpha value is -2.14. The number of fused-ring (bicyclic) bond motifs is 3. The Bertz CT molecular complexity index is 681. The van der Waals surface area contributed by atoms with Crippen LogP contribution in [0.4, 0.5) is 0 Å². The molecule has 0 fully saturated rings. The van der Waals surface area contributed by atoms with Gasteiger partial charge < -0.3 is 10.5 Å². The van der Waals surface area contributed by atoms with Gasteiger partial charge in [-0.05, 0) is 29.1 Å². The first-order valence-electron chi connectivity index (χ1n) is 6.02. The van der Waals surface area contributed by atoms with E-state index in [9.17, 15) is 0 Å². The minimum absolute atomic E-state index is 0.167. The van der Waals surface area contributed by atoms with Crippen molar-refractivity contribution in [2.45, 2.75) is 6.42 Å². The van der Waals surface area contributed by atoms with Crippen LogP contribution in [0.2, 0.25) is 0 Å². The molecule has 0 saturated carbocycles. The Morgan fingerprint density at radius 2 is 2.11 bits per heavy atom. The van der Waals surface area contributed by atoms with E-state index in [1.807, 2.05) is 18.2 Å². The topological polar surface area (TPSA) is 59.6 Å². The maximum Gasteiger partial charge on any atom is 0.184 e. The molecule has 0 spiro atoms. The Morgan fingerprint density at radius 3 is 2.95 bits per heavy atom. The lowest BCUT2D eigenvalue weighted by molar-refractivity contribution is 0.321. The Morgan fingerprint density at radius 1 is 1.26 bits per heavy atom. The molecule has 3 rings (SSSR count). The third-order valence-corrected chi connectivity index (χ3v) is 3.17. The van der Waals surface area contributed by atoms with E-state index in [1.54, 1.807) is 0 Å². The molecule has 2 aromatic carbocycles. The van der Waals surface area contributed by atoms with Crippen molar-refractivity contribution < 1.29 is 4.74 Å². The van der Waals surface area contributed by atoms with Crippen LogP contribution in [0, 0.1) is 0 Å². The summed E-state index contributed by atoms with van der Waals surface area (Å²) in [6.07, 6.45) is 0.733. The molecule has 19 heavy (non-hydrogen) atoms. The predicted octanol–water partition coefficient (Wildman–Crippen LogP) is 2.16.